The Morgan fingerprint density at radius 2 is 2.00 bits per heavy atom. The molecule has 0 aliphatic heterocycles. The van der Waals surface area contributed by atoms with Crippen molar-refractivity contribution in [2.45, 2.75) is 19.1 Å². The average molecular weight is 134 g/mol. The first kappa shape index (κ1) is 8.85. The van der Waals surface area contributed by atoms with Crippen LogP contribution in [0.3, 0.4) is 0 Å². The second-order valence-corrected chi connectivity index (χ2v) is 2.64. The predicted octanol–water partition coefficient (Wildman–Crippen LogP) is 0.233. The molecule has 9 heavy (non-hydrogen) atoms. The van der Waals surface area contributed by atoms with Gasteiger partial charge in [-0.15, -0.1) is 0 Å². The highest BCUT2D eigenvalue weighted by Gasteiger charge is 2.11. The average Bonchev–Trinajstić information content (AvgIpc) is 1.63. The molecule has 2 unspecified atom stereocenters. The number of halogens is 1. The van der Waals surface area contributed by atoms with Gasteiger partial charge in [-0.3, -0.25) is 0 Å². The maximum absolute atomic E-state index is 12.6. The van der Waals surface area contributed by atoms with E-state index >= 15 is 0 Å². The van der Waals surface area contributed by atoms with Gasteiger partial charge < -0.3 is 10.6 Å². The Balaban J connectivity index is 3.38. The van der Waals surface area contributed by atoms with Crippen molar-refractivity contribution in [1.29, 1.82) is 0 Å². The molecular formula is C6H15FN2. The highest BCUT2D eigenvalue weighted by molar-refractivity contribution is 4.68. The first-order valence-electron chi connectivity index (χ1n) is 3.08. The zero-order valence-electron chi connectivity index (χ0n) is 6.26. The molecule has 0 aromatic heterocycles. The van der Waals surface area contributed by atoms with Gasteiger partial charge in [0, 0.05) is 12.6 Å². The smallest absolute Gasteiger partial charge is 0.127 e. The maximum Gasteiger partial charge on any atom is 0.127 e. The molecule has 0 aliphatic rings. The molecule has 0 rings (SSSR count). The Morgan fingerprint density at radius 3 is 2.11 bits per heavy atom. The van der Waals surface area contributed by atoms with Crippen molar-refractivity contribution in [2.24, 2.45) is 5.73 Å². The van der Waals surface area contributed by atoms with Gasteiger partial charge in [-0.1, -0.05) is 0 Å². The van der Waals surface area contributed by atoms with Crippen molar-refractivity contribution in [3.05, 3.63) is 0 Å². The van der Waals surface area contributed by atoms with Gasteiger partial charge in [0.2, 0.25) is 0 Å². The van der Waals surface area contributed by atoms with E-state index in [-0.39, 0.29) is 6.04 Å². The maximum atomic E-state index is 12.6. The highest BCUT2D eigenvalue weighted by atomic mass is 19.1. The van der Waals surface area contributed by atoms with E-state index in [2.05, 4.69) is 0 Å². The van der Waals surface area contributed by atoms with Gasteiger partial charge in [0.1, 0.15) is 6.17 Å². The number of rotatable bonds is 3. The van der Waals surface area contributed by atoms with Crippen LogP contribution < -0.4 is 5.73 Å². The van der Waals surface area contributed by atoms with Gasteiger partial charge in [-0.2, -0.15) is 0 Å². The Hall–Kier alpha value is -0.150. The van der Waals surface area contributed by atoms with Crippen LogP contribution in [-0.4, -0.2) is 37.8 Å². The molecule has 0 fully saturated rings. The van der Waals surface area contributed by atoms with Gasteiger partial charge in [-0.05, 0) is 21.0 Å². The van der Waals surface area contributed by atoms with Crippen molar-refractivity contribution >= 4 is 0 Å². The van der Waals surface area contributed by atoms with E-state index in [1.54, 1.807) is 11.8 Å². The number of nitrogens with two attached hydrogens (primary N) is 1. The summed E-state index contributed by atoms with van der Waals surface area (Å²) in [5, 5.41) is 0. The lowest BCUT2D eigenvalue weighted by Crippen LogP contribution is -2.36. The summed E-state index contributed by atoms with van der Waals surface area (Å²) in [6.07, 6.45) is -0.903. The van der Waals surface area contributed by atoms with E-state index in [0.717, 1.165) is 0 Å². The van der Waals surface area contributed by atoms with Crippen LogP contribution in [0.2, 0.25) is 0 Å². The summed E-state index contributed by atoms with van der Waals surface area (Å²) < 4.78 is 12.6. The van der Waals surface area contributed by atoms with Crippen LogP contribution in [0.4, 0.5) is 4.39 Å². The molecule has 0 amide bonds. The summed E-state index contributed by atoms with van der Waals surface area (Å²) in [6, 6.07) is -0.354. The van der Waals surface area contributed by atoms with E-state index in [9.17, 15) is 4.39 Å². The normalized spacial score (nSPS) is 18.0. The lowest BCUT2D eigenvalue weighted by atomic mass is 10.2. The molecule has 0 aliphatic carbocycles. The lowest BCUT2D eigenvalue weighted by Gasteiger charge is -2.16. The van der Waals surface area contributed by atoms with Crippen LogP contribution in [-0.2, 0) is 0 Å². The lowest BCUT2D eigenvalue weighted by molar-refractivity contribution is 0.221. The summed E-state index contributed by atoms with van der Waals surface area (Å²) in [4.78, 5) is 1.79. The molecule has 2 N–H and O–H groups in total. The van der Waals surface area contributed by atoms with Crippen molar-refractivity contribution in [3.8, 4) is 0 Å². The summed E-state index contributed by atoms with van der Waals surface area (Å²) in [7, 11) is 3.66. The van der Waals surface area contributed by atoms with Crippen LogP contribution in [0.25, 0.3) is 0 Å². The molecular weight excluding hydrogens is 119 g/mol. The quantitative estimate of drug-likeness (QED) is 0.599. The van der Waals surface area contributed by atoms with Crippen molar-refractivity contribution < 1.29 is 4.39 Å². The first-order chi connectivity index (χ1) is 4.04. The fraction of sp³-hybridized carbons (Fsp3) is 1.00. The molecule has 0 bridgehead atoms. The SMILES string of the molecule is CC(N)C(F)CN(C)C. The molecule has 56 valence electrons. The van der Waals surface area contributed by atoms with Crippen LogP contribution in [0.15, 0.2) is 0 Å². The van der Waals surface area contributed by atoms with Crippen molar-refractivity contribution in [1.82, 2.24) is 4.90 Å². The van der Waals surface area contributed by atoms with E-state index in [1.807, 2.05) is 14.1 Å². The van der Waals surface area contributed by atoms with Crippen LogP contribution >= 0.6 is 0 Å². The summed E-state index contributed by atoms with van der Waals surface area (Å²) in [5.41, 5.74) is 5.28. The summed E-state index contributed by atoms with van der Waals surface area (Å²) in [5.74, 6) is 0. The second kappa shape index (κ2) is 3.80. The predicted molar refractivity (Wildman–Crippen MR) is 37.1 cm³/mol. The standard InChI is InChI=1S/C6H15FN2/c1-5(8)6(7)4-9(2)3/h5-6H,4,8H2,1-3H3. The second-order valence-electron chi connectivity index (χ2n) is 2.64. The zero-order valence-corrected chi connectivity index (χ0v) is 6.26. The van der Waals surface area contributed by atoms with Gasteiger partial charge in [0.05, 0.1) is 0 Å². The molecule has 2 atom stereocenters. The van der Waals surface area contributed by atoms with E-state index in [0.29, 0.717) is 6.54 Å². The number of alkyl halides is 1. The largest absolute Gasteiger partial charge is 0.325 e. The number of nitrogens with zero attached hydrogens (tertiary/aromatic N) is 1. The van der Waals surface area contributed by atoms with Crippen molar-refractivity contribution in [3.63, 3.8) is 0 Å². The molecule has 0 heterocycles. The topological polar surface area (TPSA) is 29.3 Å². The minimum absolute atomic E-state index is 0.354. The molecule has 0 saturated heterocycles. The first-order valence-corrected chi connectivity index (χ1v) is 3.08. The number of hydrogen-bond acceptors (Lipinski definition) is 2. The Morgan fingerprint density at radius 1 is 1.56 bits per heavy atom. The van der Waals surface area contributed by atoms with Crippen LogP contribution in [0.1, 0.15) is 6.92 Å². The highest BCUT2D eigenvalue weighted by Crippen LogP contribution is 1.95. The monoisotopic (exact) mass is 134 g/mol. The van der Waals surface area contributed by atoms with Gasteiger partial charge in [-0.25, -0.2) is 4.39 Å². The Kier molecular flexibility index (Phi) is 3.73. The molecule has 2 nitrogen and oxygen atoms in total. The summed E-state index contributed by atoms with van der Waals surface area (Å²) >= 11 is 0. The van der Waals surface area contributed by atoms with Gasteiger partial charge in [0.25, 0.3) is 0 Å². The van der Waals surface area contributed by atoms with E-state index in [4.69, 9.17) is 5.73 Å². The third-order valence-electron chi connectivity index (χ3n) is 1.11. The minimum Gasteiger partial charge on any atom is -0.325 e. The number of hydrogen-bond donors (Lipinski definition) is 1. The molecule has 0 radical (unpaired) electrons. The third kappa shape index (κ3) is 4.36. The Labute approximate surface area is 55.8 Å². The summed E-state index contributed by atoms with van der Waals surface area (Å²) in [6.45, 7) is 2.09. The molecule has 0 spiro atoms. The molecule has 0 aromatic carbocycles. The zero-order chi connectivity index (χ0) is 7.44. The van der Waals surface area contributed by atoms with Crippen molar-refractivity contribution in [2.75, 3.05) is 20.6 Å². The molecule has 3 heteroatoms. The molecule has 0 saturated carbocycles. The Bertz CT molecular complexity index is 73.5. The van der Waals surface area contributed by atoms with E-state index in [1.165, 1.54) is 0 Å². The molecule has 0 aromatic rings. The fourth-order valence-corrected chi connectivity index (χ4v) is 0.515. The van der Waals surface area contributed by atoms with Gasteiger partial charge in [0.15, 0.2) is 0 Å². The van der Waals surface area contributed by atoms with Gasteiger partial charge >= 0.3 is 0 Å². The van der Waals surface area contributed by atoms with E-state index < -0.39 is 6.17 Å². The minimum atomic E-state index is -0.903. The third-order valence-corrected chi connectivity index (χ3v) is 1.11. The van der Waals surface area contributed by atoms with Crippen LogP contribution in [0.5, 0.6) is 0 Å². The van der Waals surface area contributed by atoms with Crippen LogP contribution in [0, 0.1) is 0 Å². The fourth-order valence-electron chi connectivity index (χ4n) is 0.515.